The Hall–Kier alpha value is -1.23. The standard InChI is InChI=1S/C14H18N2O2S/c17-11-5-3-7-15-13(11)14(18)16-8-9-19-12-6-2-1-4-10(12)16/h3,5,7,10,12,17H,1-2,4,6,8-9H2/t10-,12+/m1/s1. The Labute approximate surface area is 117 Å². The van der Waals surface area contributed by atoms with Crippen molar-refractivity contribution in [1.82, 2.24) is 9.88 Å². The van der Waals surface area contributed by atoms with Gasteiger partial charge in [0.05, 0.1) is 0 Å². The summed E-state index contributed by atoms with van der Waals surface area (Å²) >= 11 is 1.99. The van der Waals surface area contributed by atoms with Crippen molar-refractivity contribution in [2.75, 3.05) is 12.3 Å². The van der Waals surface area contributed by atoms with Crippen molar-refractivity contribution < 1.29 is 9.90 Å². The summed E-state index contributed by atoms with van der Waals surface area (Å²) in [5.41, 5.74) is 0.193. The van der Waals surface area contributed by atoms with E-state index < -0.39 is 0 Å². The number of hydrogen-bond donors (Lipinski definition) is 1. The van der Waals surface area contributed by atoms with Crippen molar-refractivity contribution in [2.24, 2.45) is 0 Å². The van der Waals surface area contributed by atoms with Crippen molar-refractivity contribution in [1.29, 1.82) is 0 Å². The lowest BCUT2D eigenvalue weighted by atomic mass is 9.93. The fourth-order valence-corrected chi connectivity index (χ4v) is 4.49. The molecule has 1 saturated carbocycles. The molecule has 1 aromatic rings. The lowest BCUT2D eigenvalue weighted by Gasteiger charge is -2.43. The first kappa shape index (κ1) is 12.8. The minimum absolute atomic E-state index is 0.0157. The van der Waals surface area contributed by atoms with Gasteiger partial charge >= 0.3 is 0 Å². The number of carbonyl (C=O) groups is 1. The topological polar surface area (TPSA) is 53.4 Å². The Bertz CT molecular complexity index is 478. The van der Waals surface area contributed by atoms with Gasteiger partial charge in [-0.1, -0.05) is 12.8 Å². The number of aromatic hydroxyl groups is 1. The molecule has 1 saturated heterocycles. The summed E-state index contributed by atoms with van der Waals surface area (Å²) in [7, 11) is 0. The molecule has 2 fully saturated rings. The molecule has 1 amide bonds. The van der Waals surface area contributed by atoms with Crippen LogP contribution in [0.15, 0.2) is 18.3 Å². The van der Waals surface area contributed by atoms with Crippen LogP contribution in [0.5, 0.6) is 5.75 Å². The number of amides is 1. The number of pyridine rings is 1. The minimum atomic E-state index is -0.115. The van der Waals surface area contributed by atoms with Crippen LogP contribution in [0.4, 0.5) is 0 Å². The summed E-state index contributed by atoms with van der Waals surface area (Å²) in [4.78, 5) is 18.5. The monoisotopic (exact) mass is 278 g/mol. The number of aromatic nitrogens is 1. The summed E-state index contributed by atoms with van der Waals surface area (Å²) in [5, 5.41) is 10.4. The fourth-order valence-electron chi connectivity index (χ4n) is 3.05. The van der Waals surface area contributed by atoms with Crippen molar-refractivity contribution in [3.63, 3.8) is 0 Å². The van der Waals surface area contributed by atoms with Gasteiger partial charge in [0.25, 0.3) is 5.91 Å². The number of carbonyl (C=O) groups excluding carboxylic acids is 1. The second kappa shape index (κ2) is 5.41. The zero-order chi connectivity index (χ0) is 13.2. The molecule has 0 unspecified atom stereocenters. The van der Waals surface area contributed by atoms with Gasteiger partial charge < -0.3 is 10.0 Å². The average Bonchev–Trinajstić information content (AvgIpc) is 2.46. The third kappa shape index (κ3) is 2.43. The van der Waals surface area contributed by atoms with E-state index in [9.17, 15) is 9.90 Å². The molecule has 102 valence electrons. The van der Waals surface area contributed by atoms with Crippen LogP contribution < -0.4 is 0 Å². The maximum atomic E-state index is 12.6. The van der Waals surface area contributed by atoms with Crippen molar-refractivity contribution >= 4 is 17.7 Å². The SMILES string of the molecule is O=C(c1ncccc1O)N1CCS[C@H]2CCCC[C@H]21. The van der Waals surface area contributed by atoms with E-state index in [2.05, 4.69) is 4.98 Å². The summed E-state index contributed by atoms with van der Waals surface area (Å²) in [5.74, 6) is 0.855. The Morgan fingerprint density at radius 2 is 2.26 bits per heavy atom. The summed E-state index contributed by atoms with van der Waals surface area (Å²) in [6, 6.07) is 3.49. The van der Waals surface area contributed by atoms with E-state index in [0.717, 1.165) is 18.7 Å². The molecule has 4 nitrogen and oxygen atoms in total. The van der Waals surface area contributed by atoms with Crippen molar-refractivity contribution in [3.05, 3.63) is 24.0 Å². The normalized spacial score (nSPS) is 26.8. The van der Waals surface area contributed by atoms with Crippen LogP contribution in [0.1, 0.15) is 36.2 Å². The largest absolute Gasteiger partial charge is 0.505 e. The Morgan fingerprint density at radius 3 is 3.11 bits per heavy atom. The van der Waals surface area contributed by atoms with Crippen molar-refractivity contribution in [3.8, 4) is 5.75 Å². The van der Waals surface area contributed by atoms with Crippen LogP contribution in [0.3, 0.4) is 0 Å². The molecule has 3 rings (SSSR count). The van der Waals surface area contributed by atoms with Crippen LogP contribution >= 0.6 is 11.8 Å². The molecule has 0 bridgehead atoms. The average molecular weight is 278 g/mol. The van der Waals surface area contributed by atoms with Gasteiger partial charge in [0.2, 0.25) is 0 Å². The van der Waals surface area contributed by atoms with E-state index in [1.54, 1.807) is 12.3 Å². The van der Waals surface area contributed by atoms with Gasteiger partial charge in [-0.05, 0) is 25.0 Å². The molecular weight excluding hydrogens is 260 g/mol. The summed E-state index contributed by atoms with van der Waals surface area (Å²) in [6.45, 7) is 0.765. The molecule has 1 aromatic heterocycles. The van der Waals surface area contributed by atoms with Crippen LogP contribution in [0.25, 0.3) is 0 Å². The second-order valence-corrected chi connectivity index (χ2v) is 6.48. The lowest BCUT2D eigenvalue weighted by Crippen LogP contribution is -2.51. The van der Waals surface area contributed by atoms with Gasteiger partial charge in [-0.25, -0.2) is 4.98 Å². The third-order valence-electron chi connectivity index (χ3n) is 3.98. The van der Waals surface area contributed by atoms with Gasteiger partial charge in [-0.2, -0.15) is 11.8 Å². The summed E-state index contributed by atoms with van der Waals surface area (Å²) < 4.78 is 0. The molecule has 0 spiro atoms. The second-order valence-electron chi connectivity index (χ2n) is 5.13. The molecule has 5 heteroatoms. The maximum Gasteiger partial charge on any atom is 0.276 e. The Balaban J connectivity index is 1.84. The van der Waals surface area contributed by atoms with E-state index in [4.69, 9.17) is 0 Å². The van der Waals surface area contributed by atoms with Gasteiger partial charge in [0, 0.05) is 29.8 Å². The van der Waals surface area contributed by atoms with E-state index >= 15 is 0 Å². The predicted molar refractivity (Wildman–Crippen MR) is 75.4 cm³/mol. The molecule has 1 aliphatic heterocycles. The number of rotatable bonds is 1. The quantitative estimate of drug-likeness (QED) is 0.856. The van der Waals surface area contributed by atoms with Crippen LogP contribution in [0, 0.1) is 0 Å². The molecule has 2 atom stereocenters. The molecule has 2 aliphatic rings. The molecule has 0 radical (unpaired) electrons. The maximum absolute atomic E-state index is 12.6. The lowest BCUT2D eigenvalue weighted by molar-refractivity contribution is 0.0637. The van der Waals surface area contributed by atoms with E-state index in [1.165, 1.54) is 25.3 Å². The first-order valence-electron chi connectivity index (χ1n) is 6.84. The third-order valence-corrected chi connectivity index (χ3v) is 5.38. The Morgan fingerprint density at radius 1 is 1.42 bits per heavy atom. The number of thioether (sulfide) groups is 1. The van der Waals surface area contributed by atoms with Crippen LogP contribution in [0.2, 0.25) is 0 Å². The number of hydrogen-bond acceptors (Lipinski definition) is 4. The highest BCUT2D eigenvalue weighted by atomic mass is 32.2. The highest BCUT2D eigenvalue weighted by molar-refractivity contribution is 8.00. The zero-order valence-electron chi connectivity index (χ0n) is 10.8. The van der Waals surface area contributed by atoms with Gasteiger partial charge in [0.1, 0.15) is 5.75 Å². The molecule has 0 aromatic carbocycles. The van der Waals surface area contributed by atoms with Crippen molar-refractivity contribution in [2.45, 2.75) is 37.0 Å². The van der Waals surface area contributed by atoms with Gasteiger partial charge in [0.15, 0.2) is 5.69 Å². The van der Waals surface area contributed by atoms with E-state index in [0.29, 0.717) is 11.3 Å². The predicted octanol–water partition coefficient (Wildman–Crippen LogP) is 2.29. The highest BCUT2D eigenvalue weighted by Gasteiger charge is 2.37. The van der Waals surface area contributed by atoms with Crippen LogP contribution in [-0.2, 0) is 0 Å². The molecule has 19 heavy (non-hydrogen) atoms. The first-order chi connectivity index (χ1) is 9.27. The number of fused-ring (bicyclic) bond motifs is 1. The minimum Gasteiger partial charge on any atom is -0.505 e. The van der Waals surface area contributed by atoms with Gasteiger partial charge in [-0.15, -0.1) is 0 Å². The molecule has 1 aliphatic carbocycles. The first-order valence-corrected chi connectivity index (χ1v) is 7.89. The van der Waals surface area contributed by atoms with Gasteiger partial charge in [-0.3, -0.25) is 4.79 Å². The zero-order valence-corrected chi connectivity index (χ0v) is 11.6. The molecule has 1 N–H and O–H groups in total. The van der Waals surface area contributed by atoms with Crippen LogP contribution in [-0.4, -0.2) is 44.5 Å². The Kier molecular flexibility index (Phi) is 3.64. The smallest absolute Gasteiger partial charge is 0.276 e. The number of nitrogens with zero attached hydrogens (tertiary/aromatic N) is 2. The molecular formula is C14H18N2O2S. The van der Waals surface area contributed by atoms with E-state index in [-0.39, 0.29) is 17.4 Å². The molecule has 2 heterocycles. The van der Waals surface area contributed by atoms with E-state index in [1.807, 2.05) is 16.7 Å². The fraction of sp³-hybridized carbons (Fsp3) is 0.571. The highest BCUT2D eigenvalue weighted by Crippen LogP contribution is 2.36. The summed E-state index contributed by atoms with van der Waals surface area (Å²) in [6.07, 6.45) is 6.30.